The standard InChI is InChI=1S/C26H22ClNO5/c1-15-5-4-6-18(13-15)28-23(16-7-10-19(32-2)11-8-16)22(25(30)26(28)31)24(29)17-9-12-20(27)21(14-17)33-3/h4-14,23,29H,1-3H3/b24-22-. The summed E-state index contributed by atoms with van der Waals surface area (Å²) in [5, 5.41) is 11.6. The molecular formula is C26H22ClNO5. The SMILES string of the molecule is COc1ccc(C2/C(=C(/O)c3ccc(Cl)c(OC)c3)C(=O)C(=O)N2c2cccc(C)c2)cc1. The summed E-state index contributed by atoms with van der Waals surface area (Å²) in [6, 6.07) is 18.2. The Balaban J connectivity index is 1.94. The van der Waals surface area contributed by atoms with Crippen LogP contribution in [0.4, 0.5) is 5.69 Å². The molecule has 0 aromatic heterocycles. The van der Waals surface area contributed by atoms with Crippen LogP contribution >= 0.6 is 11.6 Å². The highest BCUT2D eigenvalue weighted by Gasteiger charge is 2.47. The predicted molar refractivity (Wildman–Crippen MR) is 127 cm³/mol. The number of carbonyl (C=O) groups is 2. The molecule has 1 amide bonds. The van der Waals surface area contributed by atoms with Gasteiger partial charge in [-0.05, 0) is 60.5 Å². The number of hydrogen-bond acceptors (Lipinski definition) is 5. The minimum atomic E-state index is -0.834. The summed E-state index contributed by atoms with van der Waals surface area (Å²) in [7, 11) is 3.01. The molecule has 7 heteroatoms. The lowest BCUT2D eigenvalue weighted by atomic mass is 9.95. The van der Waals surface area contributed by atoms with Gasteiger partial charge in [0.05, 0.1) is 30.9 Å². The lowest BCUT2D eigenvalue weighted by Gasteiger charge is -2.26. The van der Waals surface area contributed by atoms with E-state index in [0.717, 1.165) is 5.56 Å². The van der Waals surface area contributed by atoms with Gasteiger partial charge in [-0.1, -0.05) is 35.9 Å². The summed E-state index contributed by atoms with van der Waals surface area (Å²) >= 11 is 6.12. The molecule has 1 fully saturated rings. The molecule has 0 saturated carbocycles. The van der Waals surface area contributed by atoms with E-state index in [1.54, 1.807) is 49.6 Å². The Morgan fingerprint density at radius 1 is 0.970 bits per heavy atom. The van der Waals surface area contributed by atoms with Crippen LogP contribution in [-0.2, 0) is 9.59 Å². The summed E-state index contributed by atoms with van der Waals surface area (Å²) in [6.45, 7) is 1.91. The number of aliphatic hydroxyl groups excluding tert-OH is 1. The molecule has 33 heavy (non-hydrogen) atoms. The molecule has 6 nitrogen and oxygen atoms in total. The molecule has 0 aliphatic carbocycles. The molecule has 1 atom stereocenters. The normalized spacial score (nSPS) is 17.3. The molecule has 4 rings (SSSR count). The number of benzene rings is 3. The summed E-state index contributed by atoms with van der Waals surface area (Å²) in [6.07, 6.45) is 0. The third-order valence-corrected chi connectivity index (χ3v) is 5.89. The Labute approximate surface area is 196 Å². The maximum Gasteiger partial charge on any atom is 0.300 e. The summed E-state index contributed by atoms with van der Waals surface area (Å²) in [4.78, 5) is 27.8. The van der Waals surface area contributed by atoms with Crippen LogP contribution in [0.3, 0.4) is 0 Å². The number of halogens is 1. The Bertz CT molecular complexity index is 1270. The van der Waals surface area contributed by atoms with Crippen molar-refractivity contribution in [2.24, 2.45) is 0 Å². The van der Waals surface area contributed by atoms with Crippen molar-refractivity contribution >= 4 is 34.7 Å². The maximum atomic E-state index is 13.2. The van der Waals surface area contributed by atoms with Gasteiger partial charge in [0.15, 0.2) is 0 Å². The number of rotatable bonds is 5. The second-order valence-electron chi connectivity index (χ2n) is 7.63. The fraction of sp³-hybridized carbons (Fsp3) is 0.154. The number of amides is 1. The first-order chi connectivity index (χ1) is 15.8. The smallest absolute Gasteiger partial charge is 0.300 e. The van der Waals surface area contributed by atoms with Crippen molar-refractivity contribution in [1.82, 2.24) is 0 Å². The number of anilines is 1. The van der Waals surface area contributed by atoms with Gasteiger partial charge in [-0.3, -0.25) is 14.5 Å². The van der Waals surface area contributed by atoms with Gasteiger partial charge in [-0.2, -0.15) is 0 Å². The molecule has 1 unspecified atom stereocenters. The van der Waals surface area contributed by atoms with Crippen molar-refractivity contribution in [1.29, 1.82) is 0 Å². The van der Waals surface area contributed by atoms with Gasteiger partial charge in [0.25, 0.3) is 11.7 Å². The van der Waals surface area contributed by atoms with E-state index in [1.807, 2.05) is 25.1 Å². The first-order valence-corrected chi connectivity index (χ1v) is 10.6. The zero-order chi connectivity index (χ0) is 23.7. The van der Waals surface area contributed by atoms with Crippen LogP contribution in [-0.4, -0.2) is 31.0 Å². The molecule has 1 saturated heterocycles. The highest BCUT2D eigenvalue weighted by atomic mass is 35.5. The Hall–Kier alpha value is -3.77. The first kappa shape index (κ1) is 22.4. The van der Waals surface area contributed by atoms with Gasteiger partial charge in [-0.25, -0.2) is 0 Å². The first-order valence-electron chi connectivity index (χ1n) is 10.2. The lowest BCUT2D eigenvalue weighted by molar-refractivity contribution is -0.132. The van der Waals surface area contributed by atoms with Gasteiger partial charge in [-0.15, -0.1) is 0 Å². The predicted octanol–water partition coefficient (Wildman–Crippen LogP) is 5.29. The Kier molecular flexibility index (Phi) is 6.11. The molecule has 1 N–H and O–H groups in total. The molecule has 1 heterocycles. The molecule has 0 spiro atoms. The third-order valence-electron chi connectivity index (χ3n) is 5.58. The zero-order valence-electron chi connectivity index (χ0n) is 18.3. The van der Waals surface area contributed by atoms with E-state index in [4.69, 9.17) is 21.1 Å². The average molecular weight is 464 g/mol. The number of nitrogens with zero attached hydrogens (tertiary/aromatic N) is 1. The lowest BCUT2D eigenvalue weighted by Crippen LogP contribution is -2.29. The number of Topliss-reactive ketones (excluding diaryl/α,β-unsaturated/α-hetero) is 1. The van der Waals surface area contributed by atoms with Gasteiger partial charge in [0.1, 0.15) is 17.3 Å². The molecule has 3 aromatic carbocycles. The number of carbonyl (C=O) groups excluding carboxylic acids is 2. The van der Waals surface area contributed by atoms with Crippen LogP contribution < -0.4 is 14.4 Å². The summed E-state index contributed by atoms with van der Waals surface area (Å²) in [5.41, 5.74) is 2.45. The topological polar surface area (TPSA) is 76.1 Å². The fourth-order valence-electron chi connectivity index (χ4n) is 3.94. The van der Waals surface area contributed by atoms with Gasteiger partial charge in [0.2, 0.25) is 0 Å². The van der Waals surface area contributed by atoms with E-state index in [2.05, 4.69) is 0 Å². The van der Waals surface area contributed by atoms with Crippen LogP contribution in [0, 0.1) is 6.92 Å². The second kappa shape index (κ2) is 9.00. The molecule has 168 valence electrons. The molecule has 0 radical (unpaired) electrons. The quantitative estimate of drug-likeness (QED) is 0.316. The van der Waals surface area contributed by atoms with Crippen molar-refractivity contribution in [2.45, 2.75) is 13.0 Å². The van der Waals surface area contributed by atoms with Crippen molar-refractivity contribution in [3.8, 4) is 11.5 Å². The second-order valence-corrected chi connectivity index (χ2v) is 8.04. The number of hydrogen-bond donors (Lipinski definition) is 1. The van der Waals surface area contributed by atoms with Crippen LogP contribution in [0.1, 0.15) is 22.7 Å². The monoisotopic (exact) mass is 463 g/mol. The number of methoxy groups -OCH3 is 2. The molecule has 1 aliphatic rings. The van der Waals surface area contributed by atoms with E-state index in [9.17, 15) is 14.7 Å². The van der Waals surface area contributed by atoms with E-state index in [0.29, 0.717) is 33.3 Å². The van der Waals surface area contributed by atoms with E-state index in [-0.39, 0.29) is 11.3 Å². The van der Waals surface area contributed by atoms with E-state index >= 15 is 0 Å². The van der Waals surface area contributed by atoms with Gasteiger partial charge < -0.3 is 14.6 Å². The highest BCUT2D eigenvalue weighted by molar-refractivity contribution is 6.51. The van der Waals surface area contributed by atoms with Crippen LogP contribution in [0.5, 0.6) is 11.5 Å². The molecular weight excluding hydrogens is 442 g/mol. The van der Waals surface area contributed by atoms with E-state index in [1.165, 1.54) is 18.1 Å². The van der Waals surface area contributed by atoms with Crippen LogP contribution in [0.15, 0.2) is 72.3 Å². The fourth-order valence-corrected chi connectivity index (χ4v) is 4.14. The van der Waals surface area contributed by atoms with Crippen LogP contribution in [0.2, 0.25) is 5.02 Å². The minimum Gasteiger partial charge on any atom is -0.507 e. The van der Waals surface area contributed by atoms with E-state index < -0.39 is 17.7 Å². The third kappa shape index (κ3) is 4.05. The summed E-state index contributed by atoms with van der Waals surface area (Å²) in [5.74, 6) is -0.824. The average Bonchev–Trinajstić information content (AvgIpc) is 3.09. The number of ketones is 1. The molecule has 0 bridgehead atoms. The maximum absolute atomic E-state index is 13.2. The largest absolute Gasteiger partial charge is 0.507 e. The zero-order valence-corrected chi connectivity index (χ0v) is 19.1. The highest BCUT2D eigenvalue weighted by Crippen LogP contribution is 2.43. The number of aliphatic hydroxyl groups is 1. The van der Waals surface area contributed by atoms with Gasteiger partial charge in [0, 0.05) is 11.3 Å². The van der Waals surface area contributed by atoms with Crippen molar-refractivity contribution in [3.05, 3.63) is 94.0 Å². The van der Waals surface area contributed by atoms with Crippen LogP contribution in [0.25, 0.3) is 5.76 Å². The molecule has 3 aromatic rings. The number of ether oxygens (including phenoxy) is 2. The van der Waals surface area contributed by atoms with Crippen molar-refractivity contribution in [2.75, 3.05) is 19.1 Å². The van der Waals surface area contributed by atoms with Gasteiger partial charge >= 0.3 is 0 Å². The Morgan fingerprint density at radius 2 is 1.70 bits per heavy atom. The van der Waals surface area contributed by atoms with Crippen molar-refractivity contribution < 1.29 is 24.2 Å². The summed E-state index contributed by atoms with van der Waals surface area (Å²) < 4.78 is 10.5. The minimum absolute atomic E-state index is 0.0175. The van der Waals surface area contributed by atoms with Crippen molar-refractivity contribution in [3.63, 3.8) is 0 Å². The number of aryl methyl sites for hydroxylation is 1. The Morgan fingerprint density at radius 3 is 2.33 bits per heavy atom. The molecule has 1 aliphatic heterocycles.